The Kier molecular flexibility index (Phi) is 4.59. The summed E-state index contributed by atoms with van der Waals surface area (Å²) >= 11 is 0. The van der Waals surface area contributed by atoms with E-state index in [1.165, 1.54) is 6.08 Å². The van der Waals surface area contributed by atoms with Crippen molar-refractivity contribution < 1.29 is 19.8 Å². The maximum atomic E-state index is 10.4. The van der Waals surface area contributed by atoms with Gasteiger partial charge in [0.1, 0.15) is 0 Å². The van der Waals surface area contributed by atoms with E-state index in [4.69, 9.17) is 9.79 Å². The van der Waals surface area contributed by atoms with Crippen LogP contribution in [0.15, 0.2) is 36.1 Å². The summed E-state index contributed by atoms with van der Waals surface area (Å²) in [5, 5.41) is 0. The third-order valence-electron chi connectivity index (χ3n) is 1.26. The van der Waals surface area contributed by atoms with Crippen molar-refractivity contribution in [1.29, 1.82) is 0 Å². The molecule has 0 aliphatic carbocycles. The quantitative estimate of drug-likeness (QED) is 0.701. The third kappa shape index (κ3) is 5.33. The molecule has 0 unspecified atom stereocenters. The summed E-state index contributed by atoms with van der Waals surface area (Å²) < 4.78 is 10.4. The van der Waals surface area contributed by atoms with Gasteiger partial charge in [0.2, 0.25) is 0 Å². The van der Waals surface area contributed by atoms with Crippen molar-refractivity contribution in [3.05, 3.63) is 41.7 Å². The number of rotatable bonds is 2. The molecule has 0 heterocycles. The molecule has 4 N–H and O–H groups in total. The predicted molar refractivity (Wildman–Crippen MR) is 51.1 cm³/mol. The molecule has 13 heavy (non-hydrogen) atoms. The highest BCUT2D eigenvalue weighted by atomic mass is 31.2. The Balaban J connectivity index is 0.00000144. The van der Waals surface area contributed by atoms with Crippen molar-refractivity contribution in [3.63, 3.8) is 0 Å². The predicted octanol–water partition coefficient (Wildman–Crippen LogP) is 1.01. The zero-order valence-electron chi connectivity index (χ0n) is 6.79. The van der Waals surface area contributed by atoms with Crippen LogP contribution in [-0.4, -0.2) is 15.3 Å². The zero-order chi connectivity index (χ0) is 9.03. The van der Waals surface area contributed by atoms with Gasteiger partial charge in [-0.3, -0.25) is 4.57 Å². The molecule has 4 nitrogen and oxygen atoms in total. The number of hydrogen-bond donors (Lipinski definition) is 2. The largest absolute Gasteiger partial charge is 0.412 e. The van der Waals surface area contributed by atoms with Gasteiger partial charge >= 0.3 is 7.60 Å². The van der Waals surface area contributed by atoms with Gasteiger partial charge in [-0.15, -0.1) is 0 Å². The van der Waals surface area contributed by atoms with Crippen molar-refractivity contribution in [3.8, 4) is 0 Å². The Morgan fingerprint density at radius 3 is 2.15 bits per heavy atom. The Hall–Kier alpha value is -0.930. The summed E-state index contributed by atoms with van der Waals surface area (Å²) in [6, 6.07) is 8.99. The molecule has 1 aromatic carbocycles. The van der Waals surface area contributed by atoms with Gasteiger partial charge in [0.15, 0.2) is 0 Å². The molecule has 0 bridgehead atoms. The van der Waals surface area contributed by atoms with Crippen LogP contribution in [0.25, 0.3) is 6.08 Å². The fourth-order valence-corrected chi connectivity index (χ4v) is 1.11. The maximum absolute atomic E-state index is 10.4. The van der Waals surface area contributed by atoms with E-state index in [1.807, 2.05) is 6.07 Å². The molecule has 0 amide bonds. The van der Waals surface area contributed by atoms with E-state index in [0.29, 0.717) is 0 Å². The Labute approximate surface area is 76.0 Å². The van der Waals surface area contributed by atoms with Crippen LogP contribution in [-0.2, 0) is 4.57 Å². The smallest absolute Gasteiger partial charge is 0.349 e. The maximum Gasteiger partial charge on any atom is 0.349 e. The van der Waals surface area contributed by atoms with Gasteiger partial charge < -0.3 is 15.3 Å². The van der Waals surface area contributed by atoms with Crippen molar-refractivity contribution in [2.45, 2.75) is 0 Å². The lowest BCUT2D eigenvalue weighted by atomic mass is 10.2. The standard InChI is InChI=1S/C8H9O3P.H2O/c9-12(10,11)7-6-8-4-2-1-3-5-8;/h1-7H,(H2,9,10,11);1H2. The first-order chi connectivity index (χ1) is 5.58. The Morgan fingerprint density at radius 2 is 1.69 bits per heavy atom. The molecular formula is C8H11O4P. The lowest BCUT2D eigenvalue weighted by Gasteiger charge is -1.94. The molecule has 0 aromatic heterocycles. The summed E-state index contributed by atoms with van der Waals surface area (Å²) in [5.74, 6) is 0.891. The summed E-state index contributed by atoms with van der Waals surface area (Å²) in [4.78, 5) is 17.0. The van der Waals surface area contributed by atoms with Crippen LogP contribution >= 0.6 is 7.60 Å². The number of hydrogen-bond acceptors (Lipinski definition) is 1. The highest BCUT2D eigenvalue weighted by Gasteiger charge is 2.04. The molecule has 0 aliphatic rings. The van der Waals surface area contributed by atoms with Crippen LogP contribution in [0, 0.1) is 0 Å². The average Bonchev–Trinajstić information content (AvgIpc) is 2.02. The van der Waals surface area contributed by atoms with Crippen molar-refractivity contribution in [1.82, 2.24) is 0 Å². The SMILES string of the molecule is O.O=P(O)(O)C=Cc1ccccc1. The van der Waals surface area contributed by atoms with E-state index in [2.05, 4.69) is 0 Å². The van der Waals surface area contributed by atoms with Crippen molar-refractivity contribution >= 4 is 13.7 Å². The Morgan fingerprint density at radius 1 is 1.15 bits per heavy atom. The molecule has 5 heteroatoms. The van der Waals surface area contributed by atoms with E-state index in [9.17, 15) is 4.57 Å². The van der Waals surface area contributed by atoms with Crippen molar-refractivity contribution in [2.75, 3.05) is 0 Å². The van der Waals surface area contributed by atoms with Crippen LogP contribution in [0.1, 0.15) is 5.56 Å². The van der Waals surface area contributed by atoms with E-state index < -0.39 is 7.60 Å². The second-order valence-electron chi connectivity index (χ2n) is 2.32. The van der Waals surface area contributed by atoms with Gasteiger partial charge in [-0.05, 0) is 11.6 Å². The molecule has 0 aliphatic heterocycles. The molecule has 0 spiro atoms. The molecule has 1 rings (SSSR count). The summed E-state index contributed by atoms with van der Waals surface area (Å²) in [6.07, 6.45) is 1.40. The van der Waals surface area contributed by atoms with Crippen molar-refractivity contribution in [2.24, 2.45) is 0 Å². The van der Waals surface area contributed by atoms with Crippen LogP contribution in [0.3, 0.4) is 0 Å². The lowest BCUT2D eigenvalue weighted by Crippen LogP contribution is -1.71. The summed E-state index contributed by atoms with van der Waals surface area (Å²) in [7, 11) is -4.01. The van der Waals surface area contributed by atoms with E-state index in [1.54, 1.807) is 24.3 Å². The van der Waals surface area contributed by atoms with E-state index in [-0.39, 0.29) is 5.48 Å². The zero-order valence-corrected chi connectivity index (χ0v) is 7.69. The molecule has 0 fully saturated rings. The lowest BCUT2D eigenvalue weighted by molar-refractivity contribution is 0.386. The fraction of sp³-hybridized carbons (Fsp3) is 0. The highest BCUT2D eigenvalue weighted by Crippen LogP contribution is 2.36. The third-order valence-corrected chi connectivity index (χ3v) is 1.80. The molecule has 0 saturated carbocycles. The first kappa shape index (κ1) is 12.1. The molecular weight excluding hydrogens is 191 g/mol. The second kappa shape index (κ2) is 4.94. The van der Waals surface area contributed by atoms with Crippen LogP contribution in [0.2, 0.25) is 0 Å². The van der Waals surface area contributed by atoms with Gasteiger partial charge in [-0.1, -0.05) is 30.3 Å². The summed E-state index contributed by atoms with van der Waals surface area (Å²) in [5.41, 5.74) is 0.779. The molecule has 0 atom stereocenters. The minimum absolute atomic E-state index is 0. The van der Waals surface area contributed by atoms with Gasteiger partial charge in [0, 0.05) is 5.82 Å². The number of benzene rings is 1. The molecule has 0 radical (unpaired) electrons. The van der Waals surface area contributed by atoms with Gasteiger partial charge in [0.25, 0.3) is 0 Å². The topological polar surface area (TPSA) is 89.0 Å². The van der Waals surface area contributed by atoms with E-state index in [0.717, 1.165) is 11.4 Å². The minimum atomic E-state index is -4.01. The minimum Gasteiger partial charge on any atom is -0.412 e. The highest BCUT2D eigenvalue weighted by molar-refractivity contribution is 7.55. The molecule has 1 aromatic rings. The van der Waals surface area contributed by atoms with Gasteiger partial charge in [0.05, 0.1) is 0 Å². The Bertz CT molecular complexity index is 314. The van der Waals surface area contributed by atoms with Gasteiger partial charge in [-0.25, -0.2) is 0 Å². The van der Waals surface area contributed by atoms with Crippen LogP contribution in [0.4, 0.5) is 0 Å². The van der Waals surface area contributed by atoms with Gasteiger partial charge in [-0.2, -0.15) is 0 Å². The molecule has 72 valence electrons. The van der Waals surface area contributed by atoms with Crippen LogP contribution in [0.5, 0.6) is 0 Å². The summed E-state index contributed by atoms with van der Waals surface area (Å²) in [6.45, 7) is 0. The molecule has 0 saturated heterocycles. The first-order valence-electron chi connectivity index (χ1n) is 3.37. The normalized spacial score (nSPS) is 11.2. The average molecular weight is 202 g/mol. The first-order valence-corrected chi connectivity index (χ1v) is 5.06. The fourth-order valence-electron chi connectivity index (χ4n) is 0.747. The monoisotopic (exact) mass is 202 g/mol. The van der Waals surface area contributed by atoms with E-state index >= 15 is 0 Å². The van der Waals surface area contributed by atoms with Crippen LogP contribution < -0.4 is 0 Å². The second-order valence-corrected chi connectivity index (χ2v) is 3.79.